The maximum absolute atomic E-state index is 13.6. The molecule has 0 unspecified atom stereocenters. The van der Waals surface area contributed by atoms with Crippen LogP contribution in [0.3, 0.4) is 0 Å². The number of nitrogens with one attached hydrogen (secondary N) is 1. The van der Waals surface area contributed by atoms with Gasteiger partial charge in [-0.3, -0.25) is 0 Å². The Labute approximate surface area is 108 Å². The van der Waals surface area contributed by atoms with Crippen molar-refractivity contribution < 1.29 is 17.6 Å². The Kier molecular flexibility index (Phi) is 3.90. The summed E-state index contributed by atoms with van der Waals surface area (Å²) in [5.41, 5.74) is -0.151. The van der Waals surface area contributed by atoms with E-state index in [0.717, 1.165) is 12.1 Å². The molecule has 2 aromatic rings. The summed E-state index contributed by atoms with van der Waals surface area (Å²) in [5.74, 6) is -3.61. The molecule has 0 spiro atoms. The van der Waals surface area contributed by atoms with Crippen LogP contribution in [0.4, 0.5) is 13.2 Å². The minimum absolute atomic E-state index is 0.0666. The minimum atomic E-state index is -1.52. The predicted molar refractivity (Wildman–Crippen MR) is 63.8 cm³/mol. The molecule has 0 saturated heterocycles. The van der Waals surface area contributed by atoms with Gasteiger partial charge < -0.3 is 9.73 Å². The number of oxazole rings is 1. The molecule has 0 aliphatic rings. The molecule has 0 fully saturated rings. The van der Waals surface area contributed by atoms with E-state index in [4.69, 9.17) is 4.42 Å². The molecule has 2 rings (SSSR count). The summed E-state index contributed by atoms with van der Waals surface area (Å²) < 4.78 is 44.8. The Balaban J connectivity index is 2.26. The second-order valence-corrected chi connectivity index (χ2v) is 4.38. The van der Waals surface area contributed by atoms with E-state index in [1.165, 1.54) is 6.20 Å². The highest BCUT2D eigenvalue weighted by Crippen LogP contribution is 2.26. The van der Waals surface area contributed by atoms with Gasteiger partial charge in [0.2, 0.25) is 5.89 Å². The highest BCUT2D eigenvalue weighted by atomic mass is 19.2. The second-order valence-electron chi connectivity index (χ2n) is 4.38. The summed E-state index contributed by atoms with van der Waals surface area (Å²) in [7, 11) is 0. The number of benzene rings is 1. The Bertz CT molecular complexity index is 581. The maximum Gasteiger partial charge on any atom is 0.208 e. The van der Waals surface area contributed by atoms with Gasteiger partial charge >= 0.3 is 0 Å². The smallest absolute Gasteiger partial charge is 0.208 e. The van der Waals surface area contributed by atoms with Gasteiger partial charge in [0.15, 0.2) is 23.2 Å². The van der Waals surface area contributed by atoms with E-state index in [9.17, 15) is 13.2 Å². The first kappa shape index (κ1) is 13.6. The molecule has 6 heteroatoms. The van der Waals surface area contributed by atoms with Gasteiger partial charge in [0.05, 0.1) is 18.3 Å². The summed E-state index contributed by atoms with van der Waals surface area (Å²) in [6.07, 6.45) is 1.28. The fourth-order valence-corrected chi connectivity index (χ4v) is 1.52. The lowest BCUT2D eigenvalue weighted by atomic mass is 10.1. The molecule has 1 heterocycles. The van der Waals surface area contributed by atoms with Crippen LogP contribution >= 0.6 is 0 Å². The van der Waals surface area contributed by atoms with Crippen LogP contribution in [0, 0.1) is 17.5 Å². The molecule has 1 aromatic carbocycles. The lowest BCUT2D eigenvalue weighted by molar-refractivity contribution is 0.439. The molecule has 0 amide bonds. The molecule has 0 saturated carbocycles. The zero-order valence-electron chi connectivity index (χ0n) is 10.5. The standard InChI is InChI=1S/C13H13F3N2O/c1-7(2)17-6-11-18-5-10(19-11)8-3-4-9(14)13(16)12(8)15/h3-5,7,17H,6H2,1-2H3. The number of aromatic nitrogens is 1. The third kappa shape index (κ3) is 2.96. The fourth-order valence-electron chi connectivity index (χ4n) is 1.52. The summed E-state index contributed by atoms with van der Waals surface area (Å²) in [5, 5.41) is 3.08. The van der Waals surface area contributed by atoms with E-state index in [1.807, 2.05) is 13.8 Å². The van der Waals surface area contributed by atoms with Crippen molar-refractivity contribution >= 4 is 0 Å². The number of hydrogen-bond donors (Lipinski definition) is 1. The first-order chi connectivity index (χ1) is 8.99. The van der Waals surface area contributed by atoms with Crippen molar-refractivity contribution in [1.29, 1.82) is 0 Å². The van der Waals surface area contributed by atoms with Crippen LogP contribution < -0.4 is 5.32 Å². The first-order valence-electron chi connectivity index (χ1n) is 5.81. The van der Waals surface area contributed by atoms with Crippen molar-refractivity contribution in [2.45, 2.75) is 26.4 Å². The van der Waals surface area contributed by atoms with Crippen LogP contribution in [0.25, 0.3) is 11.3 Å². The Morgan fingerprint density at radius 3 is 2.63 bits per heavy atom. The molecule has 102 valence electrons. The number of hydrogen-bond acceptors (Lipinski definition) is 3. The van der Waals surface area contributed by atoms with Crippen LogP contribution in [-0.4, -0.2) is 11.0 Å². The largest absolute Gasteiger partial charge is 0.439 e. The molecule has 0 bridgehead atoms. The van der Waals surface area contributed by atoms with E-state index in [2.05, 4.69) is 10.3 Å². The third-order valence-corrected chi connectivity index (χ3v) is 2.52. The number of rotatable bonds is 4. The van der Waals surface area contributed by atoms with Gasteiger partial charge in [-0.05, 0) is 12.1 Å². The average molecular weight is 270 g/mol. The van der Waals surface area contributed by atoms with E-state index in [-0.39, 0.29) is 17.4 Å². The predicted octanol–water partition coefficient (Wildman–Crippen LogP) is 3.26. The summed E-state index contributed by atoms with van der Waals surface area (Å²) in [6.45, 7) is 4.29. The Hall–Kier alpha value is -1.82. The highest BCUT2D eigenvalue weighted by molar-refractivity contribution is 5.57. The molecule has 0 aliphatic carbocycles. The molecule has 3 nitrogen and oxygen atoms in total. The van der Waals surface area contributed by atoms with Gasteiger partial charge in [-0.25, -0.2) is 18.2 Å². The molecule has 0 radical (unpaired) electrons. The summed E-state index contributed by atoms with van der Waals surface area (Å²) in [6, 6.07) is 2.21. The normalized spacial score (nSPS) is 11.3. The van der Waals surface area contributed by atoms with Crippen LogP contribution in [-0.2, 0) is 6.54 Å². The van der Waals surface area contributed by atoms with Crippen molar-refractivity contribution in [2.75, 3.05) is 0 Å². The molecule has 0 atom stereocenters. The minimum Gasteiger partial charge on any atom is -0.439 e. The quantitative estimate of drug-likeness (QED) is 0.867. The van der Waals surface area contributed by atoms with Gasteiger partial charge in [-0.2, -0.15) is 0 Å². The van der Waals surface area contributed by atoms with Crippen LogP contribution in [0.1, 0.15) is 19.7 Å². The van der Waals surface area contributed by atoms with Gasteiger partial charge in [-0.15, -0.1) is 0 Å². The maximum atomic E-state index is 13.6. The molecule has 19 heavy (non-hydrogen) atoms. The average Bonchev–Trinajstić information content (AvgIpc) is 2.82. The summed E-state index contributed by atoms with van der Waals surface area (Å²) in [4.78, 5) is 3.95. The van der Waals surface area contributed by atoms with Crippen LogP contribution in [0.5, 0.6) is 0 Å². The molecular weight excluding hydrogens is 257 g/mol. The van der Waals surface area contributed by atoms with E-state index >= 15 is 0 Å². The van der Waals surface area contributed by atoms with Crippen LogP contribution in [0.15, 0.2) is 22.7 Å². The van der Waals surface area contributed by atoms with Crippen molar-refractivity contribution in [3.63, 3.8) is 0 Å². The molecule has 0 aliphatic heterocycles. The van der Waals surface area contributed by atoms with Gasteiger partial charge in [0, 0.05) is 6.04 Å². The van der Waals surface area contributed by atoms with Gasteiger partial charge in [0.25, 0.3) is 0 Å². The van der Waals surface area contributed by atoms with Crippen molar-refractivity contribution in [1.82, 2.24) is 10.3 Å². The monoisotopic (exact) mass is 270 g/mol. The van der Waals surface area contributed by atoms with Crippen molar-refractivity contribution in [3.8, 4) is 11.3 Å². The van der Waals surface area contributed by atoms with E-state index in [0.29, 0.717) is 12.4 Å². The highest BCUT2D eigenvalue weighted by Gasteiger charge is 2.17. The lowest BCUT2D eigenvalue weighted by Gasteiger charge is -2.04. The fraction of sp³-hybridized carbons (Fsp3) is 0.308. The van der Waals surface area contributed by atoms with E-state index in [1.54, 1.807) is 0 Å². The summed E-state index contributed by atoms with van der Waals surface area (Å²) >= 11 is 0. The zero-order chi connectivity index (χ0) is 14.0. The van der Waals surface area contributed by atoms with Crippen LogP contribution in [0.2, 0.25) is 0 Å². The SMILES string of the molecule is CC(C)NCc1ncc(-c2ccc(F)c(F)c2F)o1. The number of nitrogens with zero attached hydrogens (tertiary/aromatic N) is 1. The number of halogens is 3. The Morgan fingerprint density at radius 2 is 1.95 bits per heavy atom. The lowest BCUT2D eigenvalue weighted by Crippen LogP contribution is -2.21. The third-order valence-electron chi connectivity index (χ3n) is 2.52. The molecule has 1 aromatic heterocycles. The van der Waals surface area contributed by atoms with Gasteiger partial charge in [-0.1, -0.05) is 13.8 Å². The molecular formula is C13H13F3N2O. The zero-order valence-corrected chi connectivity index (χ0v) is 10.5. The van der Waals surface area contributed by atoms with Gasteiger partial charge in [0.1, 0.15) is 0 Å². The second kappa shape index (κ2) is 5.44. The van der Waals surface area contributed by atoms with Crippen molar-refractivity contribution in [2.24, 2.45) is 0 Å². The first-order valence-corrected chi connectivity index (χ1v) is 5.81. The van der Waals surface area contributed by atoms with Crippen molar-refractivity contribution in [3.05, 3.63) is 41.7 Å². The molecule has 1 N–H and O–H groups in total. The topological polar surface area (TPSA) is 38.1 Å². The Morgan fingerprint density at radius 1 is 1.21 bits per heavy atom. The van der Waals surface area contributed by atoms with E-state index < -0.39 is 17.5 Å².